The van der Waals surface area contributed by atoms with Gasteiger partial charge in [0.1, 0.15) is 5.82 Å². The smallest absolute Gasteiger partial charge is 0.168 e. The summed E-state index contributed by atoms with van der Waals surface area (Å²) in [7, 11) is 0. The zero-order chi connectivity index (χ0) is 10.8. The molecule has 0 amide bonds. The number of fused-ring (bicyclic) bond motifs is 1. The molecule has 1 heterocycles. The van der Waals surface area contributed by atoms with Crippen molar-refractivity contribution < 1.29 is 13.5 Å². The molecule has 1 nitrogen and oxygen atoms in total. The van der Waals surface area contributed by atoms with Crippen LogP contribution >= 0.6 is 0 Å². The van der Waals surface area contributed by atoms with E-state index in [-0.39, 0.29) is 11.7 Å². The lowest BCUT2D eigenvalue weighted by atomic mass is 9.90. The quantitative estimate of drug-likeness (QED) is 0.680. The average Bonchev–Trinajstić information content (AvgIpc) is 2.19. The highest BCUT2D eigenvalue weighted by Crippen LogP contribution is 2.38. The number of benzene rings is 1. The van der Waals surface area contributed by atoms with Crippen LogP contribution in [-0.4, -0.2) is 6.61 Å². The molecule has 2 rings (SSSR count). The summed E-state index contributed by atoms with van der Waals surface area (Å²) in [4.78, 5) is 0. The summed E-state index contributed by atoms with van der Waals surface area (Å²) in [5.74, 6) is -0.837. The largest absolute Gasteiger partial charge is 0.490 e. The van der Waals surface area contributed by atoms with Gasteiger partial charge >= 0.3 is 0 Å². The maximum atomic E-state index is 13.4. The maximum Gasteiger partial charge on any atom is 0.168 e. The number of ether oxygens (including phenoxy) is 1. The van der Waals surface area contributed by atoms with E-state index < -0.39 is 11.6 Å². The SMILES string of the molecule is C=CCC1CCOc2c(F)cc(F)cc21. The van der Waals surface area contributed by atoms with Crippen molar-refractivity contribution in [2.75, 3.05) is 6.61 Å². The number of hydrogen-bond acceptors (Lipinski definition) is 1. The third-order valence-electron chi connectivity index (χ3n) is 2.64. The first-order chi connectivity index (χ1) is 7.22. The third-order valence-corrected chi connectivity index (χ3v) is 2.64. The highest BCUT2D eigenvalue weighted by atomic mass is 19.1. The van der Waals surface area contributed by atoms with Crippen LogP contribution in [-0.2, 0) is 0 Å². The van der Waals surface area contributed by atoms with Crippen molar-refractivity contribution in [3.63, 3.8) is 0 Å². The molecule has 0 fully saturated rings. The molecule has 1 aromatic carbocycles. The first kappa shape index (κ1) is 10.1. The van der Waals surface area contributed by atoms with Crippen LogP contribution in [0, 0.1) is 11.6 Å². The zero-order valence-electron chi connectivity index (χ0n) is 8.30. The van der Waals surface area contributed by atoms with Crippen LogP contribution < -0.4 is 4.74 Å². The Morgan fingerprint density at radius 1 is 1.47 bits per heavy atom. The second-order valence-corrected chi connectivity index (χ2v) is 3.66. The summed E-state index contributed by atoms with van der Waals surface area (Å²) in [6.07, 6.45) is 3.27. The minimum Gasteiger partial charge on any atom is -0.490 e. The number of rotatable bonds is 2. The Morgan fingerprint density at radius 3 is 3.00 bits per heavy atom. The fourth-order valence-electron chi connectivity index (χ4n) is 1.94. The van der Waals surface area contributed by atoms with E-state index in [2.05, 4.69) is 6.58 Å². The molecule has 0 aliphatic carbocycles. The topological polar surface area (TPSA) is 9.23 Å². The Morgan fingerprint density at radius 2 is 2.27 bits per heavy atom. The van der Waals surface area contributed by atoms with E-state index in [0.29, 0.717) is 12.2 Å². The van der Waals surface area contributed by atoms with Crippen LogP contribution in [0.15, 0.2) is 24.8 Å². The average molecular weight is 210 g/mol. The molecule has 80 valence electrons. The van der Waals surface area contributed by atoms with Gasteiger partial charge in [-0.15, -0.1) is 6.58 Å². The van der Waals surface area contributed by atoms with Gasteiger partial charge in [0.05, 0.1) is 6.61 Å². The number of halogens is 2. The van der Waals surface area contributed by atoms with Crippen molar-refractivity contribution in [3.05, 3.63) is 42.0 Å². The molecule has 0 N–H and O–H groups in total. The fraction of sp³-hybridized carbons (Fsp3) is 0.333. The van der Waals surface area contributed by atoms with Crippen molar-refractivity contribution in [3.8, 4) is 5.75 Å². The minimum atomic E-state index is -0.612. The summed E-state index contributed by atoms with van der Waals surface area (Å²) in [6.45, 7) is 4.12. The fourth-order valence-corrected chi connectivity index (χ4v) is 1.94. The Bertz CT molecular complexity index is 387. The molecule has 1 unspecified atom stereocenters. The first-order valence-corrected chi connectivity index (χ1v) is 4.95. The maximum absolute atomic E-state index is 13.4. The monoisotopic (exact) mass is 210 g/mol. The van der Waals surface area contributed by atoms with Gasteiger partial charge in [-0.1, -0.05) is 6.08 Å². The molecule has 0 bridgehead atoms. The molecule has 0 spiro atoms. The highest BCUT2D eigenvalue weighted by Gasteiger charge is 2.24. The van der Waals surface area contributed by atoms with E-state index in [4.69, 9.17) is 4.74 Å². The van der Waals surface area contributed by atoms with Crippen LogP contribution in [0.3, 0.4) is 0 Å². The van der Waals surface area contributed by atoms with E-state index in [1.165, 1.54) is 6.07 Å². The third kappa shape index (κ3) is 1.87. The summed E-state index contributed by atoms with van der Waals surface area (Å²) in [6, 6.07) is 2.21. The standard InChI is InChI=1S/C12H12F2O/c1-2-3-8-4-5-15-12-10(8)6-9(13)7-11(12)14/h2,6-8H,1,3-5H2. The highest BCUT2D eigenvalue weighted by molar-refractivity contribution is 5.40. The van der Waals surface area contributed by atoms with E-state index >= 15 is 0 Å². The van der Waals surface area contributed by atoms with Crippen molar-refractivity contribution in [1.82, 2.24) is 0 Å². The predicted octanol–water partition coefficient (Wildman–Crippen LogP) is 3.41. The second-order valence-electron chi connectivity index (χ2n) is 3.66. The first-order valence-electron chi connectivity index (χ1n) is 4.95. The molecule has 0 saturated heterocycles. The molecular formula is C12H12F2O. The van der Waals surface area contributed by atoms with Crippen LogP contribution in [0.25, 0.3) is 0 Å². The van der Waals surface area contributed by atoms with Gasteiger partial charge in [-0.25, -0.2) is 8.78 Å². The summed E-state index contributed by atoms with van der Waals surface area (Å²) in [5, 5.41) is 0. The Balaban J connectivity index is 2.45. The summed E-state index contributed by atoms with van der Waals surface area (Å²) < 4.78 is 31.6. The molecule has 0 radical (unpaired) electrons. The van der Waals surface area contributed by atoms with E-state index in [0.717, 1.165) is 18.9 Å². The molecule has 0 saturated carbocycles. The minimum absolute atomic E-state index is 0.122. The van der Waals surface area contributed by atoms with Crippen molar-refractivity contribution in [1.29, 1.82) is 0 Å². The van der Waals surface area contributed by atoms with Crippen molar-refractivity contribution in [2.45, 2.75) is 18.8 Å². The molecule has 1 aromatic rings. The van der Waals surface area contributed by atoms with Gasteiger partial charge in [0.2, 0.25) is 0 Å². The van der Waals surface area contributed by atoms with Gasteiger partial charge in [0.25, 0.3) is 0 Å². The van der Waals surface area contributed by atoms with Crippen LogP contribution in [0.4, 0.5) is 8.78 Å². The lowest BCUT2D eigenvalue weighted by molar-refractivity contribution is 0.253. The molecule has 3 heteroatoms. The van der Waals surface area contributed by atoms with Gasteiger partial charge in [0.15, 0.2) is 11.6 Å². The van der Waals surface area contributed by atoms with Gasteiger partial charge in [-0.2, -0.15) is 0 Å². The van der Waals surface area contributed by atoms with Crippen LogP contribution in [0.2, 0.25) is 0 Å². The second kappa shape index (κ2) is 4.01. The van der Waals surface area contributed by atoms with Crippen molar-refractivity contribution >= 4 is 0 Å². The van der Waals surface area contributed by atoms with E-state index in [9.17, 15) is 8.78 Å². The Labute approximate surface area is 87.4 Å². The van der Waals surface area contributed by atoms with Gasteiger partial charge in [-0.3, -0.25) is 0 Å². The Hall–Kier alpha value is -1.38. The van der Waals surface area contributed by atoms with Crippen LogP contribution in [0.1, 0.15) is 24.3 Å². The Kier molecular flexibility index (Phi) is 2.71. The van der Waals surface area contributed by atoms with E-state index in [1.54, 1.807) is 6.08 Å². The molecule has 1 aliphatic rings. The zero-order valence-corrected chi connectivity index (χ0v) is 8.30. The van der Waals surface area contributed by atoms with Gasteiger partial charge < -0.3 is 4.74 Å². The van der Waals surface area contributed by atoms with Crippen LogP contribution in [0.5, 0.6) is 5.75 Å². The lowest BCUT2D eigenvalue weighted by Crippen LogP contribution is -2.15. The lowest BCUT2D eigenvalue weighted by Gasteiger charge is -2.25. The molecule has 1 atom stereocenters. The van der Waals surface area contributed by atoms with Gasteiger partial charge in [0, 0.05) is 11.6 Å². The van der Waals surface area contributed by atoms with Gasteiger partial charge in [-0.05, 0) is 24.8 Å². The molecular weight excluding hydrogens is 198 g/mol. The summed E-state index contributed by atoms with van der Waals surface area (Å²) in [5.41, 5.74) is 0.624. The van der Waals surface area contributed by atoms with E-state index in [1.807, 2.05) is 0 Å². The molecule has 1 aliphatic heterocycles. The number of allylic oxidation sites excluding steroid dienone is 1. The normalized spacial score (nSPS) is 19.2. The summed E-state index contributed by atoms with van der Waals surface area (Å²) >= 11 is 0. The molecule has 0 aromatic heterocycles. The number of hydrogen-bond donors (Lipinski definition) is 0. The van der Waals surface area contributed by atoms with Crippen molar-refractivity contribution in [2.24, 2.45) is 0 Å². The molecule has 15 heavy (non-hydrogen) atoms. The predicted molar refractivity (Wildman–Crippen MR) is 54.0 cm³/mol.